The molecule has 1 aromatic carbocycles. The third kappa shape index (κ3) is 3.04. The number of aromatic hydroxyl groups is 1. The first-order valence-electron chi connectivity index (χ1n) is 9.29. The first-order chi connectivity index (χ1) is 13.5. The Labute approximate surface area is 160 Å². The number of carbonyl (C=O) groups excluding carboxylic acids is 2. The number of nitrogens with zero attached hydrogens (tertiary/aromatic N) is 2. The summed E-state index contributed by atoms with van der Waals surface area (Å²) < 4.78 is 14.5. The predicted molar refractivity (Wildman–Crippen MR) is 98.5 cm³/mol. The number of pyridine rings is 1. The van der Waals surface area contributed by atoms with Gasteiger partial charge in [0.15, 0.2) is 11.4 Å². The van der Waals surface area contributed by atoms with Crippen LogP contribution in [0.15, 0.2) is 35.3 Å². The van der Waals surface area contributed by atoms with Crippen LogP contribution in [0, 0.1) is 5.82 Å². The molecule has 1 fully saturated rings. The average molecular weight is 385 g/mol. The monoisotopic (exact) mass is 385 g/mol. The number of hydrogen-bond acceptors (Lipinski definition) is 4. The lowest BCUT2D eigenvalue weighted by Gasteiger charge is -2.23. The zero-order valence-corrected chi connectivity index (χ0v) is 15.2. The lowest BCUT2D eigenvalue weighted by atomic mass is 10.1. The summed E-state index contributed by atoms with van der Waals surface area (Å²) in [7, 11) is 0. The maximum atomic E-state index is 13.0. The smallest absolute Gasteiger partial charge is 0.276 e. The molecule has 1 saturated heterocycles. The van der Waals surface area contributed by atoms with Crippen molar-refractivity contribution >= 4 is 11.8 Å². The van der Waals surface area contributed by atoms with Crippen LogP contribution in [0.3, 0.4) is 0 Å². The summed E-state index contributed by atoms with van der Waals surface area (Å²) in [4.78, 5) is 39.4. The minimum atomic E-state index is -0.867. The fourth-order valence-electron chi connectivity index (χ4n) is 3.86. The number of carbonyl (C=O) groups is 2. The average Bonchev–Trinajstić information content (AvgIpc) is 2.84. The van der Waals surface area contributed by atoms with Crippen molar-refractivity contribution in [2.45, 2.75) is 38.4 Å². The number of rotatable bonds is 3. The quantitative estimate of drug-likeness (QED) is 0.847. The molecule has 2 aliphatic rings. The summed E-state index contributed by atoms with van der Waals surface area (Å²) in [6.45, 7) is 0.667. The molecule has 1 atom stereocenters. The highest BCUT2D eigenvalue weighted by Gasteiger charge is 2.40. The van der Waals surface area contributed by atoms with Gasteiger partial charge in [-0.25, -0.2) is 4.39 Å². The van der Waals surface area contributed by atoms with Crippen molar-refractivity contribution in [2.24, 2.45) is 0 Å². The van der Waals surface area contributed by atoms with Gasteiger partial charge in [-0.2, -0.15) is 0 Å². The Bertz CT molecular complexity index is 1000. The van der Waals surface area contributed by atoms with Gasteiger partial charge in [-0.05, 0) is 37.0 Å². The number of hydrogen-bond donors (Lipinski definition) is 2. The van der Waals surface area contributed by atoms with Gasteiger partial charge in [-0.15, -0.1) is 0 Å². The van der Waals surface area contributed by atoms with Crippen LogP contribution in [-0.4, -0.2) is 32.9 Å². The molecular weight excluding hydrogens is 365 g/mol. The standard InChI is InChI=1S/C20H20FN3O4/c21-13-7-5-12(6-8-13)10-22-19(27)14-11-24-15-4-2-1-3-9-23(15)20(28)16(24)18(26)17(14)25/h5-8,11,15,26H,1-4,9-10H2,(H,22,27). The van der Waals surface area contributed by atoms with Crippen LogP contribution in [-0.2, 0) is 6.54 Å². The van der Waals surface area contributed by atoms with Crippen molar-refractivity contribution in [3.8, 4) is 5.75 Å². The van der Waals surface area contributed by atoms with Crippen molar-refractivity contribution < 1.29 is 19.1 Å². The minimum absolute atomic E-state index is 0.0491. The summed E-state index contributed by atoms with van der Waals surface area (Å²) in [5, 5.41) is 13.0. The van der Waals surface area contributed by atoms with E-state index < -0.39 is 17.1 Å². The van der Waals surface area contributed by atoms with E-state index in [-0.39, 0.29) is 35.7 Å². The Morgan fingerprint density at radius 1 is 1.18 bits per heavy atom. The molecule has 7 nitrogen and oxygen atoms in total. The molecule has 2 amide bonds. The zero-order chi connectivity index (χ0) is 19.8. The Kier molecular flexibility index (Phi) is 4.62. The Morgan fingerprint density at radius 3 is 2.68 bits per heavy atom. The van der Waals surface area contributed by atoms with E-state index in [2.05, 4.69) is 5.32 Å². The fourth-order valence-corrected chi connectivity index (χ4v) is 3.86. The topological polar surface area (TPSA) is 91.6 Å². The molecule has 0 saturated carbocycles. The highest BCUT2D eigenvalue weighted by Crippen LogP contribution is 2.36. The van der Waals surface area contributed by atoms with Gasteiger partial charge in [0.25, 0.3) is 11.8 Å². The number of benzene rings is 1. The van der Waals surface area contributed by atoms with Gasteiger partial charge in [-0.3, -0.25) is 14.4 Å². The van der Waals surface area contributed by atoms with Crippen molar-refractivity contribution in [3.05, 3.63) is 63.3 Å². The number of aromatic nitrogens is 1. The van der Waals surface area contributed by atoms with Crippen LogP contribution in [0.5, 0.6) is 5.75 Å². The second kappa shape index (κ2) is 7.10. The normalized spacial score (nSPS) is 18.4. The number of amides is 2. The molecular formula is C20H20FN3O4. The first kappa shape index (κ1) is 18.2. The van der Waals surface area contributed by atoms with E-state index in [0.29, 0.717) is 18.5 Å². The molecule has 2 aliphatic heterocycles. The van der Waals surface area contributed by atoms with Crippen molar-refractivity contribution in [2.75, 3.05) is 6.54 Å². The van der Waals surface area contributed by atoms with Crippen molar-refractivity contribution in [1.82, 2.24) is 14.8 Å². The Balaban J connectivity index is 1.64. The van der Waals surface area contributed by atoms with E-state index in [0.717, 1.165) is 19.3 Å². The van der Waals surface area contributed by atoms with Gasteiger partial charge in [-0.1, -0.05) is 18.6 Å². The molecule has 8 heteroatoms. The maximum Gasteiger partial charge on any atom is 0.276 e. The molecule has 0 aliphatic carbocycles. The van der Waals surface area contributed by atoms with Crippen LogP contribution >= 0.6 is 0 Å². The first-order valence-corrected chi connectivity index (χ1v) is 9.29. The predicted octanol–water partition coefficient (Wildman–Crippen LogP) is 2.15. The van der Waals surface area contributed by atoms with E-state index in [9.17, 15) is 23.9 Å². The summed E-state index contributed by atoms with van der Waals surface area (Å²) in [5.74, 6) is -2.10. The number of halogens is 1. The van der Waals surface area contributed by atoms with E-state index in [1.54, 1.807) is 9.47 Å². The number of fused-ring (bicyclic) bond motifs is 3. The van der Waals surface area contributed by atoms with Gasteiger partial charge in [0.1, 0.15) is 17.5 Å². The highest BCUT2D eigenvalue weighted by molar-refractivity contribution is 6.00. The van der Waals surface area contributed by atoms with E-state index in [1.807, 2.05) is 0 Å². The van der Waals surface area contributed by atoms with Crippen LogP contribution in [0.4, 0.5) is 4.39 Å². The summed E-state index contributed by atoms with van der Waals surface area (Å²) in [6.07, 6.45) is 4.58. The second-order valence-electron chi connectivity index (χ2n) is 7.11. The third-order valence-corrected chi connectivity index (χ3v) is 5.33. The van der Waals surface area contributed by atoms with Crippen LogP contribution in [0.25, 0.3) is 0 Å². The van der Waals surface area contributed by atoms with Gasteiger partial charge in [0, 0.05) is 19.3 Å². The van der Waals surface area contributed by atoms with Crippen molar-refractivity contribution in [1.29, 1.82) is 0 Å². The molecule has 2 aromatic rings. The van der Waals surface area contributed by atoms with Gasteiger partial charge in [0.05, 0.1) is 0 Å². The summed E-state index contributed by atoms with van der Waals surface area (Å²) in [6, 6.07) is 5.63. The van der Waals surface area contributed by atoms with Gasteiger partial charge < -0.3 is 19.9 Å². The molecule has 0 spiro atoms. The van der Waals surface area contributed by atoms with E-state index in [4.69, 9.17) is 0 Å². The van der Waals surface area contributed by atoms with Gasteiger partial charge >= 0.3 is 0 Å². The van der Waals surface area contributed by atoms with Crippen LogP contribution in [0.1, 0.15) is 58.3 Å². The maximum absolute atomic E-state index is 13.0. The van der Waals surface area contributed by atoms with E-state index >= 15 is 0 Å². The largest absolute Gasteiger partial charge is 0.503 e. The van der Waals surface area contributed by atoms with Crippen molar-refractivity contribution in [3.63, 3.8) is 0 Å². The molecule has 1 unspecified atom stereocenters. The molecule has 146 valence electrons. The van der Waals surface area contributed by atoms with E-state index in [1.165, 1.54) is 30.5 Å². The lowest BCUT2D eigenvalue weighted by molar-refractivity contribution is 0.0702. The lowest BCUT2D eigenvalue weighted by Crippen LogP contribution is -2.30. The third-order valence-electron chi connectivity index (χ3n) is 5.33. The van der Waals surface area contributed by atoms with Crippen LogP contribution in [0.2, 0.25) is 0 Å². The Morgan fingerprint density at radius 2 is 1.93 bits per heavy atom. The molecule has 4 rings (SSSR count). The molecule has 0 bridgehead atoms. The number of nitrogens with one attached hydrogen (secondary N) is 1. The van der Waals surface area contributed by atoms with Crippen LogP contribution < -0.4 is 10.7 Å². The minimum Gasteiger partial charge on any atom is -0.503 e. The highest BCUT2D eigenvalue weighted by atomic mass is 19.1. The van der Waals surface area contributed by atoms with Gasteiger partial charge in [0.2, 0.25) is 5.43 Å². The molecule has 0 radical (unpaired) electrons. The molecule has 2 N–H and O–H groups in total. The SMILES string of the molecule is O=C(NCc1ccc(F)cc1)c1cn2c(c(O)c1=O)C(=O)N1CCCCCC12. The second-order valence-corrected chi connectivity index (χ2v) is 7.11. The zero-order valence-electron chi connectivity index (χ0n) is 15.2. The summed E-state index contributed by atoms with van der Waals surface area (Å²) >= 11 is 0. The molecule has 3 heterocycles. The molecule has 1 aromatic heterocycles. The Hall–Kier alpha value is -3.16. The fraction of sp³-hybridized carbons (Fsp3) is 0.350. The molecule has 28 heavy (non-hydrogen) atoms. The summed E-state index contributed by atoms with van der Waals surface area (Å²) in [5.41, 5.74) is -0.464.